The molecule has 0 saturated carbocycles. The summed E-state index contributed by atoms with van der Waals surface area (Å²) >= 11 is 0. The first-order valence-corrected chi connectivity index (χ1v) is 7.05. The van der Waals surface area contributed by atoms with Crippen molar-refractivity contribution in [2.75, 3.05) is 19.6 Å². The number of phenolic OH excluding ortho intramolecular Hbond substituents is 1. The van der Waals surface area contributed by atoms with Crippen LogP contribution in [0.3, 0.4) is 0 Å². The standard InChI is InChI=1S/C12H15NO.C3H7NO2/c1-7-9-3-2-8(14)4-10(9)12-6-13-5-11(7)12;1-2-4-3(5)6/h2-4,7,11-14H,5-6H2,1H3;4H,2H2,1H3,(H,5,6). The summed E-state index contributed by atoms with van der Waals surface area (Å²) in [5.41, 5.74) is 2.81. The Morgan fingerprint density at radius 1 is 1.40 bits per heavy atom. The SMILES string of the molecule is CC1c2ccc(O)cc2C2CNCC12.CCNC(=O)O. The number of carboxylic acid groups (broad SMARTS) is 1. The normalized spacial score (nSPS) is 26.2. The summed E-state index contributed by atoms with van der Waals surface area (Å²) in [6.45, 7) is 6.71. The van der Waals surface area contributed by atoms with Crippen molar-refractivity contribution in [1.82, 2.24) is 10.6 Å². The number of aromatic hydroxyl groups is 1. The summed E-state index contributed by atoms with van der Waals surface area (Å²) in [7, 11) is 0. The van der Waals surface area contributed by atoms with Gasteiger partial charge in [0.2, 0.25) is 0 Å². The van der Waals surface area contributed by atoms with Crippen LogP contribution in [0.2, 0.25) is 0 Å². The molecule has 1 aromatic carbocycles. The molecule has 1 aliphatic carbocycles. The van der Waals surface area contributed by atoms with Gasteiger partial charge >= 0.3 is 6.09 Å². The summed E-state index contributed by atoms with van der Waals surface area (Å²) in [4.78, 5) is 9.49. The third-order valence-corrected chi connectivity index (χ3v) is 4.19. The minimum absolute atomic E-state index is 0.406. The van der Waals surface area contributed by atoms with Gasteiger partial charge in [0.25, 0.3) is 0 Å². The fourth-order valence-electron chi connectivity index (χ4n) is 3.24. The molecule has 0 radical (unpaired) electrons. The number of benzene rings is 1. The average molecular weight is 278 g/mol. The molecule has 3 rings (SSSR count). The van der Waals surface area contributed by atoms with Gasteiger partial charge < -0.3 is 20.8 Å². The van der Waals surface area contributed by atoms with Crippen molar-refractivity contribution in [3.8, 4) is 5.75 Å². The lowest BCUT2D eigenvalue weighted by molar-refractivity contribution is 0.195. The van der Waals surface area contributed by atoms with Gasteiger partial charge in [0.1, 0.15) is 5.75 Å². The molecule has 1 amide bonds. The molecule has 3 atom stereocenters. The van der Waals surface area contributed by atoms with Gasteiger partial charge in [-0.3, -0.25) is 0 Å². The number of nitrogens with one attached hydrogen (secondary N) is 2. The van der Waals surface area contributed by atoms with Gasteiger partial charge in [-0.25, -0.2) is 4.79 Å². The van der Waals surface area contributed by atoms with Crippen LogP contribution in [0.4, 0.5) is 4.79 Å². The van der Waals surface area contributed by atoms with E-state index in [4.69, 9.17) is 5.11 Å². The zero-order valence-corrected chi connectivity index (χ0v) is 11.9. The predicted molar refractivity (Wildman–Crippen MR) is 77.3 cm³/mol. The van der Waals surface area contributed by atoms with E-state index in [0.717, 1.165) is 19.0 Å². The van der Waals surface area contributed by atoms with Crippen LogP contribution in [0.25, 0.3) is 0 Å². The third-order valence-electron chi connectivity index (χ3n) is 4.19. The summed E-state index contributed by atoms with van der Waals surface area (Å²) in [6, 6.07) is 5.85. The highest BCUT2D eigenvalue weighted by Crippen LogP contribution is 2.48. The van der Waals surface area contributed by atoms with Crippen LogP contribution < -0.4 is 10.6 Å². The molecule has 0 aromatic heterocycles. The fraction of sp³-hybridized carbons (Fsp3) is 0.533. The van der Waals surface area contributed by atoms with Gasteiger partial charge in [0, 0.05) is 19.0 Å². The summed E-state index contributed by atoms with van der Waals surface area (Å²) in [5, 5.41) is 22.8. The van der Waals surface area contributed by atoms with E-state index >= 15 is 0 Å². The second-order valence-corrected chi connectivity index (χ2v) is 5.37. The number of rotatable bonds is 1. The number of carbonyl (C=O) groups is 1. The Balaban J connectivity index is 0.000000212. The first-order valence-electron chi connectivity index (χ1n) is 7.05. The lowest BCUT2D eigenvalue weighted by Crippen LogP contribution is -2.19. The van der Waals surface area contributed by atoms with E-state index in [2.05, 4.69) is 23.6 Å². The summed E-state index contributed by atoms with van der Waals surface area (Å²) in [6.07, 6.45) is -0.961. The quantitative estimate of drug-likeness (QED) is 0.634. The second-order valence-electron chi connectivity index (χ2n) is 5.37. The summed E-state index contributed by atoms with van der Waals surface area (Å²) in [5.74, 6) is 2.42. The first kappa shape index (κ1) is 14.7. The van der Waals surface area contributed by atoms with Crippen LogP contribution >= 0.6 is 0 Å². The van der Waals surface area contributed by atoms with Gasteiger partial charge in [-0.1, -0.05) is 13.0 Å². The van der Waals surface area contributed by atoms with Crippen molar-refractivity contribution in [2.45, 2.75) is 25.7 Å². The van der Waals surface area contributed by atoms with E-state index in [9.17, 15) is 9.90 Å². The first-order chi connectivity index (χ1) is 9.54. The van der Waals surface area contributed by atoms with E-state index < -0.39 is 6.09 Å². The number of hydrogen-bond donors (Lipinski definition) is 4. The topological polar surface area (TPSA) is 81.6 Å². The Kier molecular flexibility index (Phi) is 4.49. The van der Waals surface area contributed by atoms with Crippen LogP contribution in [0.15, 0.2) is 18.2 Å². The molecule has 2 aliphatic rings. The van der Waals surface area contributed by atoms with Crippen molar-refractivity contribution in [3.63, 3.8) is 0 Å². The smallest absolute Gasteiger partial charge is 0.404 e. The Hall–Kier alpha value is -1.75. The molecule has 0 bridgehead atoms. The maximum Gasteiger partial charge on any atom is 0.404 e. The molecule has 110 valence electrons. The molecule has 1 fully saturated rings. The Morgan fingerprint density at radius 2 is 2.15 bits per heavy atom. The molecule has 20 heavy (non-hydrogen) atoms. The molecule has 5 heteroatoms. The molecule has 1 aromatic rings. The summed E-state index contributed by atoms with van der Waals surface area (Å²) < 4.78 is 0. The second kappa shape index (κ2) is 6.13. The number of fused-ring (bicyclic) bond motifs is 3. The van der Waals surface area contributed by atoms with E-state index in [0.29, 0.717) is 24.1 Å². The minimum atomic E-state index is -0.961. The van der Waals surface area contributed by atoms with Crippen LogP contribution in [0.1, 0.15) is 36.8 Å². The van der Waals surface area contributed by atoms with E-state index in [-0.39, 0.29) is 0 Å². The lowest BCUT2D eigenvalue weighted by atomic mass is 9.91. The molecular weight excluding hydrogens is 256 g/mol. The number of amides is 1. The van der Waals surface area contributed by atoms with Gasteiger partial charge in [-0.2, -0.15) is 0 Å². The van der Waals surface area contributed by atoms with E-state index in [1.165, 1.54) is 11.1 Å². The monoisotopic (exact) mass is 278 g/mol. The van der Waals surface area contributed by atoms with Gasteiger partial charge in [0.05, 0.1) is 0 Å². The van der Waals surface area contributed by atoms with Gasteiger partial charge in [0.15, 0.2) is 0 Å². The predicted octanol–water partition coefficient (Wildman–Crippen LogP) is 2.09. The molecule has 3 unspecified atom stereocenters. The van der Waals surface area contributed by atoms with Crippen LogP contribution in [-0.2, 0) is 0 Å². The highest BCUT2D eigenvalue weighted by atomic mass is 16.4. The largest absolute Gasteiger partial charge is 0.508 e. The van der Waals surface area contributed by atoms with Gasteiger partial charge in [-0.05, 0) is 48.6 Å². The number of hydrogen-bond acceptors (Lipinski definition) is 3. The highest BCUT2D eigenvalue weighted by molar-refractivity contribution is 5.64. The van der Waals surface area contributed by atoms with Crippen molar-refractivity contribution in [3.05, 3.63) is 29.3 Å². The van der Waals surface area contributed by atoms with Crippen molar-refractivity contribution < 1.29 is 15.0 Å². The van der Waals surface area contributed by atoms with Gasteiger partial charge in [-0.15, -0.1) is 0 Å². The maximum atomic E-state index is 9.49. The molecule has 0 spiro atoms. The lowest BCUT2D eigenvalue weighted by Gasteiger charge is -2.12. The highest BCUT2D eigenvalue weighted by Gasteiger charge is 2.40. The molecule has 1 saturated heterocycles. The van der Waals surface area contributed by atoms with Crippen molar-refractivity contribution >= 4 is 6.09 Å². The van der Waals surface area contributed by atoms with Crippen molar-refractivity contribution in [2.24, 2.45) is 5.92 Å². The molecule has 1 aliphatic heterocycles. The molecule has 1 heterocycles. The Morgan fingerprint density at radius 3 is 2.75 bits per heavy atom. The Labute approximate surface area is 119 Å². The van der Waals surface area contributed by atoms with Crippen LogP contribution in [0.5, 0.6) is 5.75 Å². The average Bonchev–Trinajstić information content (AvgIpc) is 2.95. The van der Waals surface area contributed by atoms with Crippen molar-refractivity contribution in [1.29, 1.82) is 0 Å². The zero-order valence-electron chi connectivity index (χ0n) is 11.9. The third kappa shape index (κ3) is 2.88. The van der Waals surface area contributed by atoms with Crippen LogP contribution in [0, 0.1) is 5.92 Å². The van der Waals surface area contributed by atoms with Crippen LogP contribution in [-0.4, -0.2) is 35.9 Å². The molecule has 5 nitrogen and oxygen atoms in total. The number of phenols is 1. The maximum absolute atomic E-state index is 9.49. The minimum Gasteiger partial charge on any atom is -0.508 e. The van der Waals surface area contributed by atoms with E-state index in [1.54, 1.807) is 6.92 Å². The van der Waals surface area contributed by atoms with E-state index in [1.807, 2.05) is 12.1 Å². The fourth-order valence-corrected chi connectivity index (χ4v) is 3.24. The molecular formula is C15H22N2O3. The zero-order chi connectivity index (χ0) is 14.7. The Bertz CT molecular complexity index is 490. The molecule has 4 N–H and O–H groups in total.